The van der Waals surface area contributed by atoms with Crippen molar-refractivity contribution in [1.29, 1.82) is 0 Å². The lowest BCUT2D eigenvalue weighted by molar-refractivity contribution is -0.123. The second-order valence-corrected chi connectivity index (χ2v) is 9.94. The Kier molecular flexibility index (Phi) is 10.9. The zero-order chi connectivity index (χ0) is 31.5. The molecule has 1 atom stereocenters. The molecule has 0 unspecified atom stereocenters. The van der Waals surface area contributed by atoms with Crippen molar-refractivity contribution in [3.8, 4) is 11.4 Å². The van der Waals surface area contributed by atoms with Crippen molar-refractivity contribution in [2.75, 3.05) is 32.8 Å². The quantitative estimate of drug-likeness (QED) is 0.318. The van der Waals surface area contributed by atoms with Crippen molar-refractivity contribution in [2.24, 2.45) is 5.73 Å². The monoisotopic (exact) mass is 608 g/mol. The summed E-state index contributed by atoms with van der Waals surface area (Å²) < 4.78 is 21.1. The van der Waals surface area contributed by atoms with E-state index in [1.165, 1.54) is 21.8 Å². The first-order valence-corrected chi connectivity index (χ1v) is 14.0. The van der Waals surface area contributed by atoms with Gasteiger partial charge in [0, 0.05) is 32.5 Å². The van der Waals surface area contributed by atoms with Crippen LogP contribution in [0.2, 0.25) is 0 Å². The third-order valence-electron chi connectivity index (χ3n) is 6.70. The SMILES string of the molecule is NC(=O)CC[C@@H]1NC(=O)c2cc(F)ccc2OCCNC(=O)CCCN(C(=O)c2cn(-c3ccccc3)nn2)CCNC1=O. The molecule has 232 valence electrons. The normalized spacial score (nSPS) is 17.2. The molecule has 2 aromatic carbocycles. The van der Waals surface area contributed by atoms with Gasteiger partial charge >= 0.3 is 0 Å². The lowest BCUT2D eigenvalue weighted by atomic mass is 10.1. The van der Waals surface area contributed by atoms with E-state index in [0.29, 0.717) is 12.1 Å². The number of halogens is 1. The summed E-state index contributed by atoms with van der Waals surface area (Å²) in [6.07, 6.45) is 1.59. The molecule has 0 spiro atoms. The molecule has 0 aliphatic carbocycles. The number of nitrogens with two attached hydrogens (primary N) is 1. The van der Waals surface area contributed by atoms with Crippen LogP contribution < -0.4 is 26.4 Å². The molecule has 44 heavy (non-hydrogen) atoms. The molecular weight excluding hydrogens is 575 g/mol. The van der Waals surface area contributed by atoms with E-state index in [1.807, 2.05) is 30.3 Å². The minimum Gasteiger partial charge on any atom is -0.491 e. The number of para-hydroxylation sites is 1. The molecule has 0 bridgehead atoms. The molecule has 4 rings (SSSR count). The second kappa shape index (κ2) is 15.2. The second-order valence-electron chi connectivity index (χ2n) is 9.94. The maximum atomic E-state index is 14.0. The van der Waals surface area contributed by atoms with Gasteiger partial charge in [-0.1, -0.05) is 23.4 Å². The smallest absolute Gasteiger partial charge is 0.276 e. The molecule has 14 nitrogen and oxygen atoms in total. The number of benzene rings is 2. The Hall–Kier alpha value is -5.34. The molecule has 1 aliphatic rings. The van der Waals surface area contributed by atoms with E-state index in [2.05, 4.69) is 26.3 Å². The van der Waals surface area contributed by atoms with E-state index in [0.717, 1.165) is 12.1 Å². The lowest BCUT2D eigenvalue weighted by Crippen LogP contribution is -2.49. The molecule has 0 saturated heterocycles. The number of aromatic nitrogens is 3. The van der Waals surface area contributed by atoms with Crippen LogP contribution in [0, 0.1) is 5.82 Å². The van der Waals surface area contributed by atoms with Crippen molar-refractivity contribution in [3.63, 3.8) is 0 Å². The summed E-state index contributed by atoms with van der Waals surface area (Å²) in [5.41, 5.74) is 5.88. The number of hydrogen-bond donors (Lipinski definition) is 4. The minimum absolute atomic E-state index is 0.0229. The molecule has 15 heteroatoms. The van der Waals surface area contributed by atoms with Crippen molar-refractivity contribution in [3.05, 3.63) is 71.8 Å². The zero-order valence-electron chi connectivity index (χ0n) is 23.8. The highest BCUT2D eigenvalue weighted by Gasteiger charge is 2.25. The van der Waals surface area contributed by atoms with Crippen LogP contribution in [0.25, 0.3) is 5.69 Å². The van der Waals surface area contributed by atoms with E-state index in [4.69, 9.17) is 10.5 Å². The summed E-state index contributed by atoms with van der Waals surface area (Å²) in [5, 5.41) is 15.9. The topological polar surface area (TPSA) is 191 Å². The number of ether oxygens (including phenoxy) is 1. The predicted molar refractivity (Wildman–Crippen MR) is 154 cm³/mol. The molecule has 5 amide bonds. The van der Waals surface area contributed by atoms with Gasteiger partial charge in [0.1, 0.15) is 24.2 Å². The number of primary amides is 1. The fourth-order valence-corrected chi connectivity index (χ4v) is 4.45. The zero-order valence-corrected chi connectivity index (χ0v) is 23.8. The number of rotatable bonds is 5. The number of nitrogens with one attached hydrogen (secondary N) is 3. The summed E-state index contributed by atoms with van der Waals surface area (Å²) in [4.78, 5) is 65.0. The van der Waals surface area contributed by atoms with Gasteiger partial charge in [-0.2, -0.15) is 0 Å². The van der Waals surface area contributed by atoms with Gasteiger partial charge in [-0.15, -0.1) is 5.10 Å². The van der Waals surface area contributed by atoms with Crippen LogP contribution in [-0.4, -0.2) is 88.3 Å². The Morgan fingerprint density at radius 1 is 1.05 bits per heavy atom. The first-order chi connectivity index (χ1) is 21.2. The van der Waals surface area contributed by atoms with E-state index in [1.54, 1.807) is 0 Å². The van der Waals surface area contributed by atoms with Crippen molar-refractivity contribution >= 4 is 29.5 Å². The minimum atomic E-state index is -1.20. The summed E-state index contributed by atoms with van der Waals surface area (Å²) in [6, 6.07) is 11.3. The average molecular weight is 609 g/mol. The number of hydrogen-bond acceptors (Lipinski definition) is 8. The number of amides is 5. The number of carbonyl (C=O) groups excluding carboxylic acids is 5. The maximum Gasteiger partial charge on any atom is 0.276 e. The van der Waals surface area contributed by atoms with E-state index in [9.17, 15) is 28.4 Å². The van der Waals surface area contributed by atoms with Gasteiger partial charge in [0.25, 0.3) is 11.8 Å². The van der Waals surface area contributed by atoms with Crippen LogP contribution in [0.4, 0.5) is 4.39 Å². The number of carbonyl (C=O) groups is 5. The lowest BCUT2D eigenvalue weighted by Gasteiger charge is -2.23. The Morgan fingerprint density at radius 3 is 2.61 bits per heavy atom. The van der Waals surface area contributed by atoms with Crippen LogP contribution in [0.1, 0.15) is 46.5 Å². The van der Waals surface area contributed by atoms with E-state index >= 15 is 0 Å². The molecule has 5 N–H and O–H groups in total. The third kappa shape index (κ3) is 8.83. The number of fused-ring (bicyclic) bond motifs is 1. The Morgan fingerprint density at radius 2 is 1.84 bits per heavy atom. The van der Waals surface area contributed by atoms with Gasteiger partial charge in [-0.25, -0.2) is 9.07 Å². The molecular formula is C29H33FN8O6. The molecule has 2 heterocycles. The molecule has 0 saturated carbocycles. The summed E-state index contributed by atoms with van der Waals surface area (Å²) in [5.74, 6) is -3.52. The first kappa shape index (κ1) is 31.6. The van der Waals surface area contributed by atoms with Crippen molar-refractivity contribution < 1.29 is 33.1 Å². The molecule has 1 aliphatic heterocycles. The van der Waals surface area contributed by atoms with Gasteiger partial charge in [0.2, 0.25) is 17.7 Å². The van der Waals surface area contributed by atoms with Crippen LogP contribution >= 0.6 is 0 Å². The summed E-state index contributed by atoms with van der Waals surface area (Å²) in [6.45, 7) is 0.276. The van der Waals surface area contributed by atoms with Gasteiger partial charge in [-0.3, -0.25) is 24.0 Å². The molecule has 1 aromatic heterocycles. The third-order valence-corrected chi connectivity index (χ3v) is 6.70. The fourth-order valence-electron chi connectivity index (χ4n) is 4.45. The van der Waals surface area contributed by atoms with E-state index < -0.39 is 35.5 Å². The van der Waals surface area contributed by atoms with Crippen LogP contribution in [0.5, 0.6) is 5.75 Å². The van der Waals surface area contributed by atoms with Gasteiger partial charge in [0.15, 0.2) is 5.69 Å². The van der Waals surface area contributed by atoms with Gasteiger partial charge in [-0.05, 0) is 43.2 Å². The van der Waals surface area contributed by atoms with Crippen molar-refractivity contribution in [2.45, 2.75) is 31.7 Å². The molecule has 0 radical (unpaired) electrons. The predicted octanol–water partition coefficient (Wildman–Crippen LogP) is 0.318. The van der Waals surface area contributed by atoms with Crippen LogP contribution in [-0.2, 0) is 14.4 Å². The van der Waals surface area contributed by atoms with Crippen LogP contribution in [0.15, 0.2) is 54.7 Å². The van der Waals surface area contributed by atoms with Crippen LogP contribution in [0.3, 0.4) is 0 Å². The standard InChI is InChI=1S/C29H33FN8O6/c30-19-8-10-24-21(17-19)27(41)34-22(9-11-25(31)39)28(42)33-12-15-37(14-4-7-26(40)32-13-16-44-24)29(43)23-18-38(36-35-23)20-5-2-1-3-6-20/h1-3,5-6,8,10,17-18,22H,4,7,9,11-16H2,(H2,31,39)(H,32,40)(H,33,42)(H,34,41)/t22-/m0/s1. The van der Waals surface area contributed by atoms with Crippen molar-refractivity contribution in [1.82, 2.24) is 35.8 Å². The largest absolute Gasteiger partial charge is 0.491 e. The van der Waals surface area contributed by atoms with Gasteiger partial charge < -0.3 is 31.3 Å². The summed E-state index contributed by atoms with van der Waals surface area (Å²) in [7, 11) is 0. The first-order valence-electron chi connectivity index (χ1n) is 14.0. The van der Waals surface area contributed by atoms with Gasteiger partial charge in [0.05, 0.1) is 24.0 Å². The van der Waals surface area contributed by atoms with E-state index in [-0.39, 0.29) is 75.0 Å². The molecule has 3 aromatic rings. The molecule has 0 fully saturated rings. The Labute approximate surface area is 252 Å². The highest BCUT2D eigenvalue weighted by molar-refractivity contribution is 6.00. The average Bonchev–Trinajstić information content (AvgIpc) is 3.51. The fraction of sp³-hybridized carbons (Fsp3) is 0.345. The number of nitrogens with zero attached hydrogens (tertiary/aromatic N) is 4. The highest BCUT2D eigenvalue weighted by Crippen LogP contribution is 2.20. The summed E-state index contributed by atoms with van der Waals surface area (Å²) >= 11 is 0. The Balaban J connectivity index is 1.52. The highest BCUT2D eigenvalue weighted by atomic mass is 19.1. The maximum absolute atomic E-state index is 14.0. The Bertz CT molecular complexity index is 1500.